The first-order valence-electron chi connectivity index (χ1n) is 5.50. The standard InChI is InChI=1S/C11H22N2O2S/c1-5-6-9(10(12)16)11(14)13(3)8(2)7-15-4/h8-9H,5-7H2,1-4H3,(H2,12,16). The molecule has 0 aliphatic rings. The van der Waals surface area contributed by atoms with E-state index >= 15 is 0 Å². The van der Waals surface area contributed by atoms with Crippen molar-refractivity contribution >= 4 is 23.1 Å². The monoisotopic (exact) mass is 246 g/mol. The molecular formula is C11H22N2O2S. The second-order valence-corrected chi connectivity index (χ2v) is 4.47. The number of methoxy groups -OCH3 is 1. The van der Waals surface area contributed by atoms with Gasteiger partial charge in [0.25, 0.3) is 0 Å². The van der Waals surface area contributed by atoms with Crippen molar-refractivity contribution in [2.75, 3.05) is 20.8 Å². The second-order valence-electron chi connectivity index (χ2n) is 4.00. The minimum absolute atomic E-state index is 0.0149. The fourth-order valence-electron chi connectivity index (χ4n) is 1.49. The molecule has 0 rings (SSSR count). The highest BCUT2D eigenvalue weighted by Gasteiger charge is 2.26. The summed E-state index contributed by atoms with van der Waals surface area (Å²) in [6, 6.07) is 0.0335. The normalized spacial score (nSPS) is 14.2. The molecule has 0 heterocycles. The van der Waals surface area contributed by atoms with Gasteiger partial charge in [0.05, 0.1) is 23.6 Å². The van der Waals surface area contributed by atoms with Gasteiger partial charge in [0.15, 0.2) is 0 Å². The van der Waals surface area contributed by atoms with Crippen molar-refractivity contribution in [2.45, 2.75) is 32.7 Å². The number of ether oxygens (including phenoxy) is 1. The number of hydrogen-bond acceptors (Lipinski definition) is 3. The average Bonchev–Trinajstić information content (AvgIpc) is 2.23. The Morgan fingerprint density at radius 1 is 1.56 bits per heavy atom. The molecule has 0 aromatic carbocycles. The van der Waals surface area contributed by atoms with Gasteiger partial charge in [-0.05, 0) is 13.3 Å². The molecule has 5 heteroatoms. The molecule has 16 heavy (non-hydrogen) atoms. The molecule has 94 valence electrons. The fraction of sp³-hybridized carbons (Fsp3) is 0.818. The van der Waals surface area contributed by atoms with E-state index in [0.29, 0.717) is 13.0 Å². The summed E-state index contributed by atoms with van der Waals surface area (Å²) < 4.78 is 5.02. The van der Waals surface area contributed by atoms with Crippen molar-refractivity contribution in [2.24, 2.45) is 11.7 Å². The number of nitrogens with zero attached hydrogens (tertiary/aromatic N) is 1. The predicted octanol–water partition coefficient (Wildman–Crippen LogP) is 1.18. The molecule has 2 N–H and O–H groups in total. The van der Waals surface area contributed by atoms with E-state index in [0.717, 1.165) is 6.42 Å². The summed E-state index contributed by atoms with van der Waals surface area (Å²) in [6.45, 7) is 4.46. The lowest BCUT2D eigenvalue weighted by Crippen LogP contribution is -2.44. The van der Waals surface area contributed by atoms with Crippen LogP contribution < -0.4 is 5.73 Å². The van der Waals surface area contributed by atoms with Gasteiger partial charge in [0.2, 0.25) is 5.91 Å². The largest absolute Gasteiger partial charge is 0.393 e. The summed E-state index contributed by atoms with van der Waals surface area (Å²) in [5, 5.41) is 0. The molecule has 2 atom stereocenters. The maximum Gasteiger partial charge on any atom is 0.232 e. The summed E-state index contributed by atoms with van der Waals surface area (Å²) in [6.07, 6.45) is 1.60. The van der Waals surface area contributed by atoms with E-state index in [1.165, 1.54) is 0 Å². The first-order chi connectivity index (χ1) is 7.45. The topological polar surface area (TPSA) is 55.6 Å². The Morgan fingerprint density at radius 2 is 2.12 bits per heavy atom. The minimum atomic E-state index is -0.343. The van der Waals surface area contributed by atoms with Gasteiger partial charge in [-0.2, -0.15) is 0 Å². The number of amides is 1. The van der Waals surface area contributed by atoms with Gasteiger partial charge in [0, 0.05) is 14.2 Å². The van der Waals surface area contributed by atoms with Crippen LogP contribution in [0.2, 0.25) is 0 Å². The van der Waals surface area contributed by atoms with Crippen LogP contribution in [-0.2, 0) is 9.53 Å². The van der Waals surface area contributed by atoms with Crippen molar-refractivity contribution in [1.29, 1.82) is 0 Å². The second kappa shape index (κ2) is 7.57. The van der Waals surface area contributed by atoms with Gasteiger partial charge < -0.3 is 15.4 Å². The van der Waals surface area contributed by atoms with E-state index in [2.05, 4.69) is 0 Å². The third-order valence-corrected chi connectivity index (χ3v) is 2.92. The van der Waals surface area contributed by atoms with Crippen LogP contribution >= 0.6 is 12.2 Å². The van der Waals surface area contributed by atoms with E-state index in [1.54, 1.807) is 19.1 Å². The Morgan fingerprint density at radius 3 is 2.50 bits per heavy atom. The van der Waals surface area contributed by atoms with Crippen LogP contribution in [0.5, 0.6) is 0 Å². The Kier molecular flexibility index (Phi) is 7.25. The van der Waals surface area contributed by atoms with Crippen LogP contribution in [0.3, 0.4) is 0 Å². The highest BCUT2D eigenvalue weighted by Crippen LogP contribution is 2.12. The van der Waals surface area contributed by atoms with Crippen LogP contribution in [0.15, 0.2) is 0 Å². The molecular weight excluding hydrogens is 224 g/mol. The first kappa shape index (κ1) is 15.3. The Hall–Kier alpha value is -0.680. The molecule has 0 aliphatic heterocycles. The first-order valence-corrected chi connectivity index (χ1v) is 5.91. The molecule has 1 amide bonds. The number of carbonyl (C=O) groups excluding carboxylic acids is 1. The van der Waals surface area contributed by atoms with E-state index in [9.17, 15) is 4.79 Å². The maximum atomic E-state index is 12.1. The van der Waals surface area contributed by atoms with Crippen molar-refractivity contribution < 1.29 is 9.53 Å². The predicted molar refractivity (Wildman–Crippen MR) is 69.3 cm³/mol. The molecule has 4 nitrogen and oxygen atoms in total. The van der Waals surface area contributed by atoms with Crippen molar-refractivity contribution in [3.05, 3.63) is 0 Å². The number of likely N-dealkylation sites (N-methyl/N-ethyl adjacent to an activating group) is 1. The van der Waals surface area contributed by atoms with Gasteiger partial charge in [-0.1, -0.05) is 25.6 Å². The molecule has 0 aliphatic carbocycles. The van der Waals surface area contributed by atoms with Crippen molar-refractivity contribution in [1.82, 2.24) is 4.90 Å². The molecule has 0 spiro atoms. The molecule has 0 aromatic heterocycles. The molecule has 0 fully saturated rings. The Labute approximate surface area is 103 Å². The molecule has 0 bridgehead atoms. The third kappa shape index (κ3) is 4.45. The van der Waals surface area contributed by atoms with Gasteiger partial charge >= 0.3 is 0 Å². The summed E-state index contributed by atoms with van der Waals surface area (Å²) >= 11 is 4.93. The number of hydrogen-bond donors (Lipinski definition) is 1. The van der Waals surface area contributed by atoms with E-state index in [4.69, 9.17) is 22.7 Å². The van der Waals surface area contributed by atoms with Crippen molar-refractivity contribution in [3.8, 4) is 0 Å². The number of thiocarbonyl (C=S) groups is 1. The Balaban J connectivity index is 4.53. The molecule has 0 saturated carbocycles. The zero-order valence-corrected chi connectivity index (χ0v) is 11.3. The zero-order chi connectivity index (χ0) is 12.7. The van der Waals surface area contributed by atoms with Gasteiger partial charge in [0.1, 0.15) is 0 Å². The molecule has 0 saturated heterocycles. The van der Waals surface area contributed by atoms with E-state index in [-0.39, 0.29) is 22.9 Å². The lowest BCUT2D eigenvalue weighted by molar-refractivity contribution is -0.134. The lowest BCUT2D eigenvalue weighted by atomic mass is 10.0. The summed E-state index contributed by atoms with van der Waals surface area (Å²) in [5.41, 5.74) is 5.59. The number of carbonyl (C=O) groups is 1. The molecule has 0 aromatic rings. The molecule has 2 unspecified atom stereocenters. The SMILES string of the molecule is CCCC(C(=O)N(C)C(C)COC)C(N)=S. The quantitative estimate of drug-likeness (QED) is 0.685. The lowest BCUT2D eigenvalue weighted by Gasteiger charge is -2.28. The summed E-state index contributed by atoms with van der Waals surface area (Å²) in [5.74, 6) is -0.358. The highest BCUT2D eigenvalue weighted by molar-refractivity contribution is 7.80. The van der Waals surface area contributed by atoms with Gasteiger partial charge in [-0.25, -0.2) is 0 Å². The van der Waals surface area contributed by atoms with Crippen LogP contribution in [0.4, 0.5) is 0 Å². The number of rotatable bonds is 7. The average molecular weight is 246 g/mol. The van der Waals surface area contributed by atoms with Crippen LogP contribution in [-0.4, -0.2) is 42.6 Å². The van der Waals surface area contributed by atoms with Crippen LogP contribution in [0.25, 0.3) is 0 Å². The van der Waals surface area contributed by atoms with Crippen LogP contribution in [0.1, 0.15) is 26.7 Å². The minimum Gasteiger partial charge on any atom is -0.393 e. The number of nitrogens with two attached hydrogens (primary N) is 1. The summed E-state index contributed by atoms with van der Waals surface area (Å²) in [4.78, 5) is 14.0. The van der Waals surface area contributed by atoms with Crippen molar-refractivity contribution in [3.63, 3.8) is 0 Å². The third-order valence-electron chi connectivity index (χ3n) is 2.64. The molecule has 0 radical (unpaired) electrons. The van der Waals surface area contributed by atoms with E-state index < -0.39 is 0 Å². The zero-order valence-electron chi connectivity index (χ0n) is 10.5. The summed E-state index contributed by atoms with van der Waals surface area (Å²) in [7, 11) is 3.37. The smallest absolute Gasteiger partial charge is 0.232 e. The van der Waals surface area contributed by atoms with Gasteiger partial charge in [-0.15, -0.1) is 0 Å². The fourth-order valence-corrected chi connectivity index (χ4v) is 1.71. The van der Waals surface area contributed by atoms with Gasteiger partial charge in [-0.3, -0.25) is 4.79 Å². The van der Waals surface area contributed by atoms with E-state index in [1.807, 2.05) is 13.8 Å². The van der Waals surface area contributed by atoms with Crippen LogP contribution in [0, 0.1) is 5.92 Å². The maximum absolute atomic E-state index is 12.1. The Bertz CT molecular complexity index is 246. The highest BCUT2D eigenvalue weighted by atomic mass is 32.1.